The summed E-state index contributed by atoms with van der Waals surface area (Å²) in [7, 11) is 1.26. The fraction of sp³-hybridized carbons (Fsp3) is 0.0526. The molecule has 2 aromatic rings. The maximum atomic E-state index is 11.9. The predicted octanol–water partition coefficient (Wildman–Crippen LogP) is 3.57. The minimum Gasteiger partial charge on any atom is -0.465 e. The largest absolute Gasteiger partial charge is 0.465 e. The Morgan fingerprint density at radius 3 is 2.48 bits per heavy atom. The highest BCUT2D eigenvalue weighted by Gasteiger charge is 2.24. The number of esters is 1. The van der Waals surface area contributed by atoms with E-state index in [0.29, 0.717) is 22.6 Å². The molecule has 1 heterocycles. The van der Waals surface area contributed by atoms with Crippen molar-refractivity contribution in [3.8, 4) is 11.8 Å². The lowest BCUT2D eigenvalue weighted by atomic mass is 9.95. The van der Waals surface area contributed by atoms with E-state index in [-0.39, 0.29) is 5.57 Å². The summed E-state index contributed by atoms with van der Waals surface area (Å²) in [4.78, 5) is 11.9. The molecular formula is C19H13NO3. The number of allylic oxidation sites excluding steroid dienone is 2. The van der Waals surface area contributed by atoms with Crippen molar-refractivity contribution in [3.63, 3.8) is 0 Å². The molecule has 1 aliphatic rings. The monoisotopic (exact) mass is 303 g/mol. The van der Waals surface area contributed by atoms with E-state index < -0.39 is 5.97 Å². The Labute approximate surface area is 133 Å². The molecular weight excluding hydrogens is 290 g/mol. The Balaban J connectivity index is 2.23. The van der Waals surface area contributed by atoms with Crippen LogP contribution in [0.15, 0.2) is 66.2 Å². The molecule has 0 saturated carbocycles. The smallest absolute Gasteiger partial charge is 0.349 e. The first kappa shape index (κ1) is 14.6. The van der Waals surface area contributed by atoms with Crippen molar-refractivity contribution in [3.05, 3.63) is 77.4 Å². The van der Waals surface area contributed by atoms with Crippen molar-refractivity contribution in [2.45, 2.75) is 0 Å². The van der Waals surface area contributed by atoms with Gasteiger partial charge in [-0.2, -0.15) is 5.26 Å². The van der Waals surface area contributed by atoms with Gasteiger partial charge in [-0.05, 0) is 12.1 Å². The van der Waals surface area contributed by atoms with Crippen LogP contribution in [0, 0.1) is 11.3 Å². The number of ether oxygens (including phenoxy) is 2. The third-order valence-electron chi connectivity index (χ3n) is 3.50. The molecule has 0 fully saturated rings. The summed E-state index contributed by atoms with van der Waals surface area (Å²) in [6, 6.07) is 18.7. The molecule has 0 atom stereocenters. The van der Waals surface area contributed by atoms with Crippen LogP contribution in [0.25, 0.3) is 11.3 Å². The van der Waals surface area contributed by atoms with E-state index >= 15 is 0 Å². The molecule has 0 bridgehead atoms. The molecule has 0 radical (unpaired) electrons. The third kappa shape index (κ3) is 2.72. The van der Waals surface area contributed by atoms with Crippen molar-refractivity contribution in [1.82, 2.24) is 0 Å². The van der Waals surface area contributed by atoms with E-state index in [2.05, 4.69) is 0 Å². The van der Waals surface area contributed by atoms with Crippen LogP contribution in [-0.2, 0) is 9.53 Å². The molecule has 0 saturated heterocycles. The lowest BCUT2D eigenvalue weighted by molar-refractivity contribution is -0.135. The molecule has 0 unspecified atom stereocenters. The highest BCUT2D eigenvalue weighted by molar-refractivity contribution is 6.06. The third-order valence-corrected chi connectivity index (χ3v) is 3.50. The Bertz CT molecular complexity index is 858. The summed E-state index contributed by atoms with van der Waals surface area (Å²) in [6.45, 7) is 0. The summed E-state index contributed by atoms with van der Waals surface area (Å²) < 4.78 is 10.6. The lowest BCUT2D eigenvalue weighted by Crippen LogP contribution is -2.10. The average molecular weight is 303 g/mol. The van der Waals surface area contributed by atoms with E-state index in [1.54, 1.807) is 12.1 Å². The van der Waals surface area contributed by atoms with Crippen LogP contribution in [-0.4, -0.2) is 13.1 Å². The quantitative estimate of drug-likeness (QED) is 0.483. The van der Waals surface area contributed by atoms with Gasteiger partial charge >= 0.3 is 5.97 Å². The highest BCUT2D eigenvalue weighted by Crippen LogP contribution is 2.38. The zero-order valence-corrected chi connectivity index (χ0v) is 12.4. The fourth-order valence-electron chi connectivity index (χ4n) is 2.40. The van der Waals surface area contributed by atoms with Gasteiger partial charge in [-0.15, -0.1) is 0 Å². The summed E-state index contributed by atoms with van der Waals surface area (Å²) in [5.41, 5.74) is 2.01. The van der Waals surface area contributed by atoms with Crippen molar-refractivity contribution in [2.75, 3.05) is 7.11 Å². The molecule has 3 rings (SSSR count). The van der Waals surface area contributed by atoms with Gasteiger partial charge in [-0.25, -0.2) is 4.79 Å². The minimum absolute atomic E-state index is 0.0447. The molecule has 0 aromatic heterocycles. The molecule has 2 aromatic carbocycles. The van der Waals surface area contributed by atoms with Crippen LogP contribution < -0.4 is 4.74 Å². The number of para-hydroxylation sites is 1. The van der Waals surface area contributed by atoms with Crippen molar-refractivity contribution >= 4 is 17.3 Å². The first-order chi connectivity index (χ1) is 11.2. The molecule has 1 aliphatic heterocycles. The normalized spacial score (nSPS) is 14.7. The molecule has 0 amide bonds. The molecule has 112 valence electrons. The van der Waals surface area contributed by atoms with Gasteiger partial charge in [0.1, 0.15) is 23.2 Å². The maximum absolute atomic E-state index is 11.9. The number of benzene rings is 2. The van der Waals surface area contributed by atoms with Crippen LogP contribution in [0.5, 0.6) is 5.75 Å². The Morgan fingerprint density at radius 2 is 1.78 bits per heavy atom. The van der Waals surface area contributed by atoms with E-state index in [4.69, 9.17) is 9.47 Å². The Hall–Kier alpha value is -3.32. The van der Waals surface area contributed by atoms with Gasteiger partial charge in [0.2, 0.25) is 0 Å². The van der Waals surface area contributed by atoms with Crippen LogP contribution in [0.4, 0.5) is 0 Å². The number of hydrogen-bond acceptors (Lipinski definition) is 4. The van der Waals surface area contributed by atoms with Crippen LogP contribution >= 0.6 is 0 Å². The Kier molecular flexibility index (Phi) is 3.94. The topological polar surface area (TPSA) is 59.3 Å². The van der Waals surface area contributed by atoms with E-state index in [0.717, 1.165) is 5.56 Å². The zero-order chi connectivity index (χ0) is 16.2. The second kappa shape index (κ2) is 6.20. The first-order valence-electron chi connectivity index (χ1n) is 7.01. The number of nitriles is 1. The summed E-state index contributed by atoms with van der Waals surface area (Å²) in [6.07, 6.45) is 1.70. The summed E-state index contributed by atoms with van der Waals surface area (Å²) in [5, 5.41) is 9.38. The molecule has 0 spiro atoms. The van der Waals surface area contributed by atoms with Gasteiger partial charge in [0.05, 0.1) is 7.11 Å². The van der Waals surface area contributed by atoms with Crippen LogP contribution in [0.2, 0.25) is 0 Å². The standard InChI is InChI=1S/C19H13NO3/c1-22-19(21)16(12-20)15-11-18(13-7-3-2-4-8-13)23-17-10-6-5-9-14(15)17/h2-11H,1H3. The summed E-state index contributed by atoms with van der Waals surface area (Å²) >= 11 is 0. The van der Waals surface area contributed by atoms with Gasteiger partial charge in [-0.1, -0.05) is 48.5 Å². The molecule has 4 nitrogen and oxygen atoms in total. The molecule has 4 heteroatoms. The number of hydrogen-bond donors (Lipinski definition) is 0. The SMILES string of the molecule is COC(=O)C(C#N)=C1C=C(c2ccccc2)Oc2ccccc21. The van der Waals surface area contributed by atoms with Gasteiger partial charge in [0, 0.05) is 16.7 Å². The number of carbonyl (C=O) groups is 1. The van der Waals surface area contributed by atoms with Gasteiger partial charge in [-0.3, -0.25) is 0 Å². The van der Waals surface area contributed by atoms with Gasteiger partial charge < -0.3 is 9.47 Å². The van der Waals surface area contributed by atoms with Crippen LogP contribution in [0.3, 0.4) is 0 Å². The number of nitrogens with zero attached hydrogens (tertiary/aromatic N) is 1. The van der Waals surface area contributed by atoms with Crippen LogP contribution in [0.1, 0.15) is 11.1 Å². The molecule has 0 N–H and O–H groups in total. The summed E-state index contributed by atoms with van der Waals surface area (Å²) in [5.74, 6) is 0.513. The van der Waals surface area contributed by atoms with E-state index in [1.165, 1.54) is 7.11 Å². The van der Waals surface area contributed by atoms with Crippen molar-refractivity contribution < 1.29 is 14.3 Å². The van der Waals surface area contributed by atoms with Gasteiger partial charge in [0.15, 0.2) is 0 Å². The fourth-order valence-corrected chi connectivity index (χ4v) is 2.40. The van der Waals surface area contributed by atoms with Gasteiger partial charge in [0.25, 0.3) is 0 Å². The van der Waals surface area contributed by atoms with E-state index in [1.807, 2.05) is 54.6 Å². The zero-order valence-electron chi connectivity index (χ0n) is 12.4. The maximum Gasteiger partial charge on any atom is 0.349 e. The second-order valence-corrected chi connectivity index (χ2v) is 4.86. The second-order valence-electron chi connectivity index (χ2n) is 4.86. The number of rotatable bonds is 2. The van der Waals surface area contributed by atoms with E-state index in [9.17, 15) is 10.1 Å². The number of fused-ring (bicyclic) bond motifs is 1. The van der Waals surface area contributed by atoms with Crippen molar-refractivity contribution in [1.29, 1.82) is 5.26 Å². The number of methoxy groups -OCH3 is 1. The Morgan fingerprint density at radius 1 is 1.09 bits per heavy atom. The number of carbonyl (C=O) groups excluding carboxylic acids is 1. The predicted molar refractivity (Wildman–Crippen MR) is 86.0 cm³/mol. The molecule has 0 aliphatic carbocycles. The first-order valence-corrected chi connectivity index (χ1v) is 7.01. The van der Waals surface area contributed by atoms with Crippen molar-refractivity contribution in [2.24, 2.45) is 0 Å². The lowest BCUT2D eigenvalue weighted by Gasteiger charge is -2.21. The highest BCUT2D eigenvalue weighted by atomic mass is 16.5. The minimum atomic E-state index is -0.664. The average Bonchev–Trinajstić information content (AvgIpc) is 2.62. The molecule has 23 heavy (non-hydrogen) atoms.